The van der Waals surface area contributed by atoms with Gasteiger partial charge >= 0.3 is 0 Å². The predicted octanol–water partition coefficient (Wildman–Crippen LogP) is 1.87. The smallest absolute Gasteiger partial charge is 0.133 e. The average molecular weight is 181 g/mol. The number of para-hydroxylation sites is 1. The normalized spacial score (nSPS) is 12.5. The molecule has 64 valence electrons. The molecule has 1 rings (SSSR count). The Morgan fingerprint density at radius 3 is 2.83 bits per heavy atom. The lowest BCUT2D eigenvalue weighted by molar-refractivity contribution is 0.453. The van der Waals surface area contributed by atoms with E-state index in [1.165, 1.54) is 0 Å². The summed E-state index contributed by atoms with van der Waals surface area (Å²) in [5.74, 6) is 0.133. The van der Waals surface area contributed by atoms with E-state index < -0.39 is 0 Å². The van der Waals surface area contributed by atoms with Gasteiger partial charge in [-0.3, -0.25) is 0 Å². The Morgan fingerprint density at radius 2 is 2.25 bits per heavy atom. The fourth-order valence-corrected chi connectivity index (χ4v) is 1.16. The monoisotopic (exact) mass is 181 g/mol. The maximum absolute atomic E-state index is 9.49. The Morgan fingerprint density at radius 1 is 1.58 bits per heavy atom. The average Bonchev–Trinajstić information content (AvgIpc) is 2.08. The quantitative estimate of drug-likeness (QED) is 0.482. The van der Waals surface area contributed by atoms with Crippen LogP contribution in [-0.2, 0) is 0 Å². The summed E-state index contributed by atoms with van der Waals surface area (Å²) in [7, 11) is 0. The zero-order valence-corrected chi connectivity index (χ0v) is 7.46. The summed E-state index contributed by atoms with van der Waals surface area (Å²) in [6.45, 7) is 3.55. The third kappa shape index (κ3) is 1.62. The van der Waals surface area contributed by atoms with Gasteiger partial charge in [-0.05, 0) is 6.07 Å². The molecule has 0 spiro atoms. The van der Waals surface area contributed by atoms with Crippen LogP contribution < -0.4 is 5.73 Å². The van der Waals surface area contributed by atoms with Crippen molar-refractivity contribution < 1.29 is 5.11 Å². The van der Waals surface area contributed by atoms with Crippen LogP contribution in [-0.4, -0.2) is 5.11 Å². The van der Waals surface area contributed by atoms with E-state index in [1.807, 2.05) is 0 Å². The van der Waals surface area contributed by atoms with Gasteiger partial charge in [-0.15, -0.1) is 19.2 Å². The number of rotatable bonds is 2. The van der Waals surface area contributed by atoms with Crippen molar-refractivity contribution in [1.29, 1.82) is 0 Å². The lowest BCUT2D eigenvalue weighted by Gasteiger charge is -2.09. The van der Waals surface area contributed by atoms with Gasteiger partial charge in [0.05, 0.1) is 6.04 Å². The Hall–Kier alpha value is -0.930. The first kappa shape index (κ1) is 9.16. The maximum Gasteiger partial charge on any atom is 0.133 e. The number of hydrogen-bond donors (Lipinski definition) is 3. The number of hydrogen-bond acceptors (Lipinski definition) is 3. The van der Waals surface area contributed by atoms with Crippen molar-refractivity contribution in [1.82, 2.24) is 0 Å². The third-order valence-corrected chi connectivity index (χ3v) is 2.02. The molecule has 0 aliphatic heterocycles. The lowest BCUT2D eigenvalue weighted by atomic mass is 10.1. The van der Waals surface area contributed by atoms with E-state index in [0.717, 1.165) is 0 Å². The van der Waals surface area contributed by atoms with Crippen molar-refractivity contribution in [3.8, 4) is 5.75 Å². The first-order valence-electron chi connectivity index (χ1n) is 3.55. The molecule has 0 bridgehead atoms. The van der Waals surface area contributed by atoms with Crippen LogP contribution >= 0.6 is 12.6 Å². The van der Waals surface area contributed by atoms with Crippen molar-refractivity contribution in [3.63, 3.8) is 0 Å². The highest BCUT2D eigenvalue weighted by Gasteiger charge is 2.08. The summed E-state index contributed by atoms with van der Waals surface area (Å²) in [6.07, 6.45) is 1.57. The number of thiol groups is 1. The minimum Gasteiger partial charge on any atom is -0.506 e. The van der Waals surface area contributed by atoms with Gasteiger partial charge in [0.15, 0.2) is 0 Å². The van der Waals surface area contributed by atoms with Crippen LogP contribution in [0.2, 0.25) is 0 Å². The largest absolute Gasteiger partial charge is 0.506 e. The lowest BCUT2D eigenvalue weighted by Crippen LogP contribution is -2.06. The molecule has 3 N–H and O–H groups in total. The molecule has 0 heterocycles. The van der Waals surface area contributed by atoms with Gasteiger partial charge in [-0.2, -0.15) is 0 Å². The van der Waals surface area contributed by atoms with Crippen LogP contribution in [0.25, 0.3) is 0 Å². The van der Waals surface area contributed by atoms with E-state index in [9.17, 15) is 5.11 Å². The van der Waals surface area contributed by atoms with Crippen molar-refractivity contribution in [2.75, 3.05) is 0 Å². The molecule has 0 amide bonds. The van der Waals surface area contributed by atoms with Crippen LogP contribution in [0.3, 0.4) is 0 Å². The van der Waals surface area contributed by atoms with Gasteiger partial charge in [-0.25, -0.2) is 0 Å². The minimum atomic E-state index is -0.336. The zero-order valence-electron chi connectivity index (χ0n) is 6.57. The van der Waals surface area contributed by atoms with Crippen molar-refractivity contribution in [3.05, 3.63) is 36.4 Å². The summed E-state index contributed by atoms with van der Waals surface area (Å²) >= 11 is 4.06. The second-order valence-electron chi connectivity index (χ2n) is 2.48. The van der Waals surface area contributed by atoms with Gasteiger partial charge in [0.2, 0.25) is 0 Å². The fourth-order valence-electron chi connectivity index (χ4n) is 0.945. The first-order valence-corrected chi connectivity index (χ1v) is 4.00. The number of benzene rings is 1. The van der Waals surface area contributed by atoms with E-state index in [2.05, 4.69) is 19.2 Å². The predicted molar refractivity (Wildman–Crippen MR) is 52.5 cm³/mol. The molecule has 12 heavy (non-hydrogen) atoms. The molecule has 0 saturated heterocycles. The molecular weight excluding hydrogens is 170 g/mol. The van der Waals surface area contributed by atoms with Crippen LogP contribution in [0.1, 0.15) is 11.6 Å². The molecule has 0 saturated carbocycles. The van der Waals surface area contributed by atoms with Crippen LogP contribution in [0.5, 0.6) is 5.75 Å². The second-order valence-corrected chi connectivity index (χ2v) is 2.96. The van der Waals surface area contributed by atoms with E-state index in [1.54, 1.807) is 24.3 Å². The standard InChI is InChI=1S/C9H11NOS/c1-2-7(10)6-4-3-5-8(12)9(6)11/h2-5,7,11-12H,1,10H2/t7-/m1/s1. The Labute approximate surface area is 77.1 Å². The second kappa shape index (κ2) is 3.65. The summed E-state index contributed by atoms with van der Waals surface area (Å²) in [5.41, 5.74) is 6.30. The number of nitrogens with two attached hydrogens (primary N) is 1. The topological polar surface area (TPSA) is 46.2 Å². The first-order chi connectivity index (χ1) is 5.66. The summed E-state index contributed by atoms with van der Waals surface area (Å²) in [5, 5.41) is 9.49. The van der Waals surface area contributed by atoms with E-state index in [-0.39, 0.29) is 11.8 Å². The summed E-state index contributed by atoms with van der Waals surface area (Å²) in [6, 6.07) is 4.91. The molecule has 0 aliphatic rings. The number of phenols is 1. The Kier molecular flexibility index (Phi) is 2.78. The van der Waals surface area contributed by atoms with Crippen LogP contribution in [0.4, 0.5) is 0 Å². The molecule has 1 aromatic rings. The van der Waals surface area contributed by atoms with Gasteiger partial charge in [0, 0.05) is 10.5 Å². The van der Waals surface area contributed by atoms with Gasteiger partial charge < -0.3 is 10.8 Å². The van der Waals surface area contributed by atoms with E-state index in [4.69, 9.17) is 5.73 Å². The molecule has 3 heteroatoms. The molecule has 0 aliphatic carbocycles. The van der Waals surface area contributed by atoms with Crippen LogP contribution in [0.15, 0.2) is 35.7 Å². The molecule has 1 aromatic carbocycles. The van der Waals surface area contributed by atoms with Gasteiger partial charge in [0.25, 0.3) is 0 Å². The molecule has 0 unspecified atom stereocenters. The molecule has 0 aromatic heterocycles. The molecule has 0 radical (unpaired) electrons. The highest BCUT2D eigenvalue weighted by Crippen LogP contribution is 2.29. The van der Waals surface area contributed by atoms with Crippen molar-refractivity contribution in [2.24, 2.45) is 5.73 Å². The number of aromatic hydroxyl groups is 1. The third-order valence-electron chi connectivity index (χ3n) is 1.66. The van der Waals surface area contributed by atoms with Crippen molar-refractivity contribution in [2.45, 2.75) is 10.9 Å². The minimum absolute atomic E-state index is 0.133. The van der Waals surface area contributed by atoms with Crippen molar-refractivity contribution >= 4 is 12.6 Å². The number of phenolic OH excluding ortho intramolecular Hbond substituents is 1. The maximum atomic E-state index is 9.49. The van der Waals surface area contributed by atoms with Gasteiger partial charge in [0.1, 0.15) is 5.75 Å². The fraction of sp³-hybridized carbons (Fsp3) is 0.111. The van der Waals surface area contributed by atoms with E-state index in [0.29, 0.717) is 10.5 Å². The Bertz CT molecular complexity index is 299. The molecule has 2 nitrogen and oxygen atoms in total. The molecule has 0 fully saturated rings. The Balaban J connectivity index is 3.15. The molecular formula is C9H11NOS. The highest BCUT2D eigenvalue weighted by atomic mass is 32.1. The van der Waals surface area contributed by atoms with Gasteiger partial charge in [-0.1, -0.05) is 18.2 Å². The highest BCUT2D eigenvalue weighted by molar-refractivity contribution is 7.80. The summed E-state index contributed by atoms with van der Waals surface area (Å²) in [4.78, 5) is 0.532. The molecule has 1 atom stereocenters. The summed E-state index contributed by atoms with van der Waals surface area (Å²) < 4.78 is 0. The SMILES string of the molecule is C=C[C@@H](N)c1cccc(S)c1O. The van der Waals surface area contributed by atoms with E-state index >= 15 is 0 Å². The van der Waals surface area contributed by atoms with Crippen LogP contribution in [0, 0.1) is 0 Å². The zero-order chi connectivity index (χ0) is 9.14.